The highest BCUT2D eigenvalue weighted by atomic mass is 16.4. The highest BCUT2D eigenvalue weighted by molar-refractivity contribution is 5.66. The van der Waals surface area contributed by atoms with Crippen LogP contribution in [0.1, 0.15) is 34.8 Å². The number of aryl methyl sites for hydroxylation is 4. The van der Waals surface area contributed by atoms with E-state index in [-0.39, 0.29) is 6.42 Å². The Kier molecular flexibility index (Phi) is 4.17. The fourth-order valence-corrected chi connectivity index (χ4v) is 2.15. The number of rotatable bonds is 5. The van der Waals surface area contributed by atoms with E-state index in [2.05, 4.69) is 42.1 Å². The summed E-state index contributed by atoms with van der Waals surface area (Å²) in [6, 6.07) is 6.32. The minimum atomic E-state index is -0.816. The van der Waals surface area contributed by atoms with Crippen LogP contribution >= 0.6 is 0 Å². The molecule has 0 aliphatic carbocycles. The van der Waals surface area contributed by atoms with Crippen molar-refractivity contribution in [1.29, 1.82) is 0 Å². The van der Waals surface area contributed by atoms with Gasteiger partial charge in [0, 0.05) is 19.9 Å². The van der Waals surface area contributed by atoms with Gasteiger partial charge < -0.3 is 5.11 Å². The van der Waals surface area contributed by atoms with E-state index in [4.69, 9.17) is 5.11 Å². The molecule has 0 unspecified atom stereocenters. The van der Waals surface area contributed by atoms with Crippen LogP contribution in [0.15, 0.2) is 18.2 Å². The van der Waals surface area contributed by atoms with Gasteiger partial charge >= 0.3 is 5.97 Å². The largest absolute Gasteiger partial charge is 0.481 e. The van der Waals surface area contributed by atoms with Crippen LogP contribution in [-0.2, 0) is 24.7 Å². The highest BCUT2D eigenvalue weighted by Crippen LogP contribution is 2.14. The van der Waals surface area contributed by atoms with Gasteiger partial charge in [-0.3, -0.25) is 9.48 Å². The van der Waals surface area contributed by atoms with Crippen molar-refractivity contribution in [3.8, 4) is 0 Å². The number of nitrogens with zero attached hydrogens (tertiary/aromatic N) is 3. The predicted octanol–water partition coefficient (Wildman–Crippen LogP) is 2.04. The number of hydrogen-bond donors (Lipinski definition) is 1. The molecule has 0 bridgehead atoms. The fraction of sp³-hybridized carbons (Fsp3) is 0.400. The van der Waals surface area contributed by atoms with Crippen LogP contribution in [0, 0.1) is 13.8 Å². The van der Waals surface area contributed by atoms with Gasteiger partial charge in [0.05, 0.1) is 6.42 Å². The monoisotopic (exact) mass is 273 g/mol. The molecule has 0 aliphatic heterocycles. The lowest BCUT2D eigenvalue weighted by Gasteiger charge is -2.04. The molecular weight excluding hydrogens is 254 g/mol. The van der Waals surface area contributed by atoms with Crippen LogP contribution in [0.25, 0.3) is 0 Å². The third-order valence-corrected chi connectivity index (χ3v) is 3.31. The number of aliphatic carboxylic acids is 1. The van der Waals surface area contributed by atoms with E-state index in [9.17, 15) is 4.79 Å². The zero-order valence-electron chi connectivity index (χ0n) is 12.1. The first-order valence-corrected chi connectivity index (χ1v) is 6.62. The predicted molar refractivity (Wildman–Crippen MR) is 75.7 cm³/mol. The lowest BCUT2D eigenvalue weighted by atomic mass is 10.0. The molecule has 1 N–H and O–H groups in total. The van der Waals surface area contributed by atoms with Gasteiger partial charge in [0.15, 0.2) is 5.82 Å². The third kappa shape index (κ3) is 3.44. The van der Waals surface area contributed by atoms with Crippen LogP contribution in [0.2, 0.25) is 0 Å². The summed E-state index contributed by atoms with van der Waals surface area (Å²) in [6.07, 6.45) is 1.16. The Morgan fingerprint density at radius 2 is 2.10 bits per heavy atom. The average molecular weight is 273 g/mol. The van der Waals surface area contributed by atoms with Crippen molar-refractivity contribution in [1.82, 2.24) is 14.8 Å². The maximum Gasteiger partial charge on any atom is 0.303 e. The van der Waals surface area contributed by atoms with Crippen molar-refractivity contribution in [3.05, 3.63) is 46.5 Å². The van der Waals surface area contributed by atoms with E-state index in [0.29, 0.717) is 18.7 Å². The van der Waals surface area contributed by atoms with E-state index in [1.165, 1.54) is 16.7 Å². The topological polar surface area (TPSA) is 68.0 Å². The molecule has 1 aromatic carbocycles. The van der Waals surface area contributed by atoms with Gasteiger partial charge in [-0.25, -0.2) is 4.98 Å². The van der Waals surface area contributed by atoms with E-state index in [1.54, 1.807) is 11.7 Å². The van der Waals surface area contributed by atoms with E-state index < -0.39 is 5.97 Å². The maximum absolute atomic E-state index is 10.6. The Morgan fingerprint density at radius 1 is 1.35 bits per heavy atom. The standard InChI is InChI=1S/C15H19N3O2/c1-10-4-5-11(2)12(8-10)9-13-16-14(18(3)17-13)6-7-15(19)20/h4-5,8H,6-7,9H2,1-3H3,(H,19,20). The van der Waals surface area contributed by atoms with Crippen molar-refractivity contribution in [3.63, 3.8) is 0 Å². The van der Waals surface area contributed by atoms with Gasteiger partial charge in [-0.1, -0.05) is 23.8 Å². The summed E-state index contributed by atoms with van der Waals surface area (Å²) in [6.45, 7) is 4.14. The highest BCUT2D eigenvalue weighted by Gasteiger charge is 2.10. The Labute approximate surface area is 118 Å². The van der Waals surface area contributed by atoms with Crippen LogP contribution in [0.3, 0.4) is 0 Å². The second kappa shape index (κ2) is 5.86. The van der Waals surface area contributed by atoms with Gasteiger partial charge in [-0.05, 0) is 25.0 Å². The quantitative estimate of drug-likeness (QED) is 0.905. The first-order valence-electron chi connectivity index (χ1n) is 6.62. The molecule has 0 saturated carbocycles. The molecular formula is C15H19N3O2. The van der Waals surface area contributed by atoms with Crippen molar-refractivity contribution in [2.24, 2.45) is 7.05 Å². The van der Waals surface area contributed by atoms with Gasteiger partial charge in [-0.15, -0.1) is 0 Å². The molecule has 0 saturated heterocycles. The fourth-order valence-electron chi connectivity index (χ4n) is 2.15. The molecule has 20 heavy (non-hydrogen) atoms. The number of hydrogen-bond acceptors (Lipinski definition) is 3. The zero-order valence-corrected chi connectivity index (χ0v) is 12.1. The summed E-state index contributed by atoms with van der Waals surface area (Å²) in [4.78, 5) is 15.0. The smallest absolute Gasteiger partial charge is 0.303 e. The molecule has 2 rings (SSSR count). The zero-order chi connectivity index (χ0) is 14.7. The first-order chi connectivity index (χ1) is 9.45. The van der Waals surface area contributed by atoms with Gasteiger partial charge in [0.25, 0.3) is 0 Å². The molecule has 1 heterocycles. The average Bonchev–Trinajstić information content (AvgIpc) is 2.72. The summed E-state index contributed by atoms with van der Waals surface area (Å²) in [7, 11) is 1.80. The molecule has 0 aliphatic rings. The Morgan fingerprint density at radius 3 is 2.80 bits per heavy atom. The summed E-state index contributed by atoms with van der Waals surface area (Å²) >= 11 is 0. The van der Waals surface area contributed by atoms with E-state index in [0.717, 1.165) is 5.82 Å². The van der Waals surface area contributed by atoms with Crippen molar-refractivity contribution < 1.29 is 9.90 Å². The summed E-state index contributed by atoms with van der Waals surface area (Å²) in [5, 5.41) is 13.1. The van der Waals surface area contributed by atoms with E-state index >= 15 is 0 Å². The Balaban J connectivity index is 2.16. The van der Waals surface area contributed by atoms with Gasteiger partial charge in [-0.2, -0.15) is 5.10 Å². The minimum absolute atomic E-state index is 0.0788. The summed E-state index contributed by atoms with van der Waals surface area (Å²) < 4.78 is 1.67. The molecule has 106 valence electrons. The van der Waals surface area contributed by atoms with E-state index in [1.807, 2.05) is 0 Å². The number of benzene rings is 1. The van der Waals surface area contributed by atoms with Crippen LogP contribution in [0.4, 0.5) is 0 Å². The summed E-state index contributed by atoms with van der Waals surface area (Å²) in [5.74, 6) is 0.637. The van der Waals surface area contributed by atoms with Crippen LogP contribution in [-0.4, -0.2) is 25.8 Å². The molecule has 1 aromatic heterocycles. The van der Waals surface area contributed by atoms with Gasteiger partial charge in [0.2, 0.25) is 0 Å². The molecule has 5 heteroatoms. The number of carbonyl (C=O) groups is 1. The number of carboxylic acid groups (broad SMARTS) is 1. The molecule has 0 spiro atoms. The van der Waals surface area contributed by atoms with Crippen LogP contribution in [0.5, 0.6) is 0 Å². The lowest BCUT2D eigenvalue weighted by molar-refractivity contribution is -0.137. The normalized spacial score (nSPS) is 10.8. The lowest BCUT2D eigenvalue weighted by Crippen LogP contribution is -2.03. The molecule has 2 aromatic rings. The van der Waals surface area contributed by atoms with Crippen molar-refractivity contribution in [2.75, 3.05) is 0 Å². The Hall–Kier alpha value is -2.17. The molecule has 0 atom stereocenters. The summed E-state index contributed by atoms with van der Waals surface area (Å²) in [5.41, 5.74) is 3.64. The Bertz CT molecular complexity index is 632. The second-order valence-corrected chi connectivity index (χ2v) is 5.07. The molecule has 0 amide bonds. The maximum atomic E-state index is 10.6. The van der Waals surface area contributed by atoms with Gasteiger partial charge in [0.1, 0.15) is 5.82 Å². The van der Waals surface area contributed by atoms with Crippen molar-refractivity contribution >= 4 is 5.97 Å². The third-order valence-electron chi connectivity index (χ3n) is 3.31. The number of aromatic nitrogens is 3. The minimum Gasteiger partial charge on any atom is -0.481 e. The SMILES string of the molecule is Cc1ccc(C)c(Cc2nc(CCC(=O)O)n(C)n2)c1. The first kappa shape index (κ1) is 14.2. The molecule has 5 nitrogen and oxygen atoms in total. The second-order valence-electron chi connectivity index (χ2n) is 5.07. The number of carboxylic acids is 1. The molecule has 0 radical (unpaired) electrons. The molecule has 0 fully saturated rings. The van der Waals surface area contributed by atoms with Crippen LogP contribution < -0.4 is 0 Å². The van der Waals surface area contributed by atoms with Crippen molar-refractivity contribution in [2.45, 2.75) is 33.1 Å².